The van der Waals surface area contributed by atoms with E-state index >= 15 is 0 Å². The van der Waals surface area contributed by atoms with Gasteiger partial charge in [-0.05, 0) is 48.2 Å². The van der Waals surface area contributed by atoms with Crippen molar-refractivity contribution in [1.29, 1.82) is 0 Å². The Hall–Kier alpha value is -1.73. The highest BCUT2D eigenvalue weighted by Gasteiger charge is 2.04. The van der Waals surface area contributed by atoms with Gasteiger partial charge in [0.15, 0.2) is 16.7 Å². The first-order chi connectivity index (χ1) is 11.6. The zero-order chi connectivity index (χ0) is 17.4. The van der Waals surface area contributed by atoms with Crippen molar-refractivity contribution < 1.29 is 13.2 Å². The Morgan fingerprint density at radius 3 is 2.54 bits per heavy atom. The van der Waals surface area contributed by atoms with Crippen LogP contribution in [-0.4, -0.2) is 17.4 Å². The van der Waals surface area contributed by atoms with Gasteiger partial charge in [0.05, 0.1) is 0 Å². The fourth-order valence-electron chi connectivity index (χ4n) is 1.92. The van der Waals surface area contributed by atoms with Gasteiger partial charge in [-0.25, -0.2) is 13.2 Å². The maximum Gasteiger partial charge on any atom is 0.170 e. The Balaban J connectivity index is 1.61. The minimum Gasteiger partial charge on any atom is -0.362 e. The van der Waals surface area contributed by atoms with Gasteiger partial charge in [-0.1, -0.05) is 18.2 Å². The quantitative estimate of drug-likeness (QED) is 0.544. The summed E-state index contributed by atoms with van der Waals surface area (Å²) >= 11 is 6.73. The molecule has 24 heavy (non-hydrogen) atoms. The van der Waals surface area contributed by atoms with Gasteiger partial charge in [-0.2, -0.15) is 11.8 Å². The summed E-state index contributed by atoms with van der Waals surface area (Å²) in [6.45, 7) is 0.639. The molecule has 7 heteroatoms. The van der Waals surface area contributed by atoms with Crippen molar-refractivity contribution in [3.63, 3.8) is 0 Å². The van der Waals surface area contributed by atoms with E-state index < -0.39 is 11.6 Å². The van der Waals surface area contributed by atoms with E-state index in [1.54, 1.807) is 23.9 Å². The molecule has 0 amide bonds. The van der Waals surface area contributed by atoms with Crippen molar-refractivity contribution in [3.05, 3.63) is 65.5 Å². The molecule has 2 aromatic rings. The molecular weight excluding hydrogens is 353 g/mol. The van der Waals surface area contributed by atoms with Crippen LogP contribution in [0.15, 0.2) is 42.5 Å². The summed E-state index contributed by atoms with van der Waals surface area (Å²) in [7, 11) is 0. The molecule has 0 fully saturated rings. The van der Waals surface area contributed by atoms with Gasteiger partial charge in [0.2, 0.25) is 0 Å². The van der Waals surface area contributed by atoms with Gasteiger partial charge in [-0.3, -0.25) is 0 Å². The van der Waals surface area contributed by atoms with Gasteiger partial charge in [0, 0.05) is 24.1 Å². The van der Waals surface area contributed by atoms with Crippen molar-refractivity contribution in [2.45, 2.75) is 12.2 Å². The van der Waals surface area contributed by atoms with Crippen LogP contribution in [0.2, 0.25) is 0 Å². The average Bonchev–Trinajstić information content (AvgIpc) is 2.56. The molecule has 0 aliphatic carbocycles. The smallest absolute Gasteiger partial charge is 0.170 e. The lowest BCUT2D eigenvalue weighted by Gasteiger charge is -2.10. The van der Waals surface area contributed by atoms with E-state index in [1.807, 2.05) is 6.07 Å². The molecule has 0 heterocycles. The molecule has 0 saturated carbocycles. The predicted molar refractivity (Wildman–Crippen MR) is 97.8 cm³/mol. The van der Waals surface area contributed by atoms with Crippen LogP contribution in [0.3, 0.4) is 0 Å². The maximum atomic E-state index is 13.4. The third-order valence-electron chi connectivity index (χ3n) is 3.14. The van der Waals surface area contributed by atoms with Crippen molar-refractivity contribution in [2.24, 2.45) is 0 Å². The molecule has 128 valence electrons. The molecule has 0 saturated heterocycles. The second-order valence-corrected chi connectivity index (χ2v) is 6.52. The van der Waals surface area contributed by atoms with E-state index in [0.29, 0.717) is 28.7 Å². The normalized spacial score (nSPS) is 10.5. The van der Waals surface area contributed by atoms with E-state index in [1.165, 1.54) is 12.1 Å². The topological polar surface area (TPSA) is 24.1 Å². The summed E-state index contributed by atoms with van der Waals surface area (Å²) in [4.78, 5) is 0. The van der Waals surface area contributed by atoms with Crippen LogP contribution in [0.25, 0.3) is 0 Å². The SMILES string of the molecule is Fc1ccc(NC(=S)NCCCSCc2ccccc2F)cc1F. The second-order valence-electron chi connectivity index (χ2n) is 5.01. The Morgan fingerprint density at radius 1 is 1.00 bits per heavy atom. The molecule has 2 rings (SSSR count). The molecule has 0 spiro atoms. The van der Waals surface area contributed by atoms with Crippen molar-refractivity contribution in [2.75, 3.05) is 17.6 Å². The van der Waals surface area contributed by atoms with Crippen LogP contribution in [0.5, 0.6) is 0 Å². The lowest BCUT2D eigenvalue weighted by atomic mass is 10.2. The Bertz CT molecular complexity index is 695. The summed E-state index contributed by atoms with van der Waals surface area (Å²) in [5, 5.41) is 6.13. The minimum absolute atomic E-state index is 0.181. The van der Waals surface area contributed by atoms with Crippen molar-refractivity contribution >= 4 is 34.8 Å². The van der Waals surface area contributed by atoms with Gasteiger partial charge < -0.3 is 10.6 Å². The van der Waals surface area contributed by atoms with Crippen LogP contribution < -0.4 is 10.6 Å². The first-order valence-electron chi connectivity index (χ1n) is 7.37. The second kappa shape index (κ2) is 9.54. The number of halogens is 3. The third kappa shape index (κ3) is 6.05. The van der Waals surface area contributed by atoms with Gasteiger partial charge in [0.1, 0.15) is 5.82 Å². The Kier molecular flexibility index (Phi) is 7.39. The molecule has 2 aromatic carbocycles. The van der Waals surface area contributed by atoms with Crippen LogP contribution in [0.1, 0.15) is 12.0 Å². The van der Waals surface area contributed by atoms with Crippen LogP contribution >= 0.6 is 24.0 Å². The Labute approximate surface area is 148 Å². The average molecular weight is 370 g/mol. The molecule has 0 bridgehead atoms. The molecule has 2 nitrogen and oxygen atoms in total. The lowest BCUT2D eigenvalue weighted by molar-refractivity contribution is 0.509. The molecule has 0 atom stereocenters. The third-order valence-corrected chi connectivity index (χ3v) is 4.48. The monoisotopic (exact) mass is 370 g/mol. The number of benzene rings is 2. The van der Waals surface area contributed by atoms with E-state index in [-0.39, 0.29) is 5.82 Å². The van der Waals surface area contributed by atoms with Gasteiger partial charge in [-0.15, -0.1) is 0 Å². The zero-order valence-corrected chi connectivity index (χ0v) is 14.5. The standard InChI is InChI=1S/C17H17F3N2S2/c18-14-5-2-1-4-12(14)11-24-9-3-8-21-17(23)22-13-6-7-15(19)16(20)10-13/h1-2,4-7,10H,3,8-9,11H2,(H2,21,22,23). The number of hydrogen-bond donors (Lipinski definition) is 2. The summed E-state index contributed by atoms with van der Waals surface area (Å²) < 4.78 is 39.3. The van der Waals surface area contributed by atoms with Gasteiger partial charge in [0.25, 0.3) is 0 Å². The number of anilines is 1. The van der Waals surface area contributed by atoms with Crippen LogP contribution in [0.4, 0.5) is 18.9 Å². The molecule has 2 N–H and O–H groups in total. The fourth-order valence-corrected chi connectivity index (χ4v) is 3.09. The van der Waals surface area contributed by atoms with Crippen molar-refractivity contribution in [1.82, 2.24) is 5.32 Å². The minimum atomic E-state index is -0.924. The number of nitrogens with one attached hydrogen (secondary N) is 2. The summed E-state index contributed by atoms with van der Waals surface area (Å²) in [6.07, 6.45) is 0.846. The predicted octanol–water partition coefficient (Wildman–Crippen LogP) is 4.71. The van der Waals surface area contributed by atoms with Crippen LogP contribution in [0, 0.1) is 17.5 Å². The van der Waals surface area contributed by atoms with Crippen LogP contribution in [-0.2, 0) is 5.75 Å². The number of thioether (sulfide) groups is 1. The highest BCUT2D eigenvalue weighted by Crippen LogP contribution is 2.16. The number of thiocarbonyl (C=S) groups is 1. The van der Waals surface area contributed by atoms with E-state index in [2.05, 4.69) is 10.6 Å². The van der Waals surface area contributed by atoms with E-state index in [4.69, 9.17) is 12.2 Å². The summed E-state index contributed by atoms with van der Waals surface area (Å²) in [6, 6.07) is 10.2. The molecule has 0 unspecified atom stereocenters. The lowest BCUT2D eigenvalue weighted by Crippen LogP contribution is -2.29. The molecule has 0 aromatic heterocycles. The van der Waals surface area contributed by atoms with E-state index in [9.17, 15) is 13.2 Å². The van der Waals surface area contributed by atoms with E-state index in [0.717, 1.165) is 24.3 Å². The number of hydrogen-bond acceptors (Lipinski definition) is 2. The largest absolute Gasteiger partial charge is 0.362 e. The highest BCUT2D eigenvalue weighted by atomic mass is 32.2. The maximum absolute atomic E-state index is 13.4. The first kappa shape index (κ1) is 18.6. The molecule has 0 aliphatic rings. The fraction of sp³-hybridized carbons (Fsp3) is 0.235. The highest BCUT2D eigenvalue weighted by molar-refractivity contribution is 7.98. The zero-order valence-electron chi connectivity index (χ0n) is 12.8. The molecular formula is C17H17F3N2S2. The molecule has 0 radical (unpaired) electrons. The summed E-state index contributed by atoms with van der Waals surface area (Å²) in [5.41, 5.74) is 1.09. The number of rotatable bonds is 7. The summed E-state index contributed by atoms with van der Waals surface area (Å²) in [5.74, 6) is -0.516. The van der Waals surface area contributed by atoms with Gasteiger partial charge >= 0.3 is 0 Å². The Morgan fingerprint density at radius 2 is 1.79 bits per heavy atom. The first-order valence-corrected chi connectivity index (χ1v) is 8.93. The molecule has 0 aliphatic heterocycles. The van der Waals surface area contributed by atoms with Crippen molar-refractivity contribution in [3.8, 4) is 0 Å².